The van der Waals surface area contributed by atoms with Crippen molar-refractivity contribution in [2.75, 3.05) is 6.61 Å². The van der Waals surface area contributed by atoms with Crippen LogP contribution >= 0.6 is 0 Å². The number of nitrogens with zero attached hydrogens (tertiary/aromatic N) is 1. The molecule has 0 spiro atoms. The molecule has 1 heterocycles. The molecule has 1 rings (SSSR count). The van der Waals surface area contributed by atoms with Crippen LogP contribution in [0.3, 0.4) is 0 Å². The van der Waals surface area contributed by atoms with Gasteiger partial charge in [0.2, 0.25) is 5.91 Å². The number of hydrogen-bond acceptors (Lipinski definition) is 3. The minimum absolute atomic E-state index is 0.00696. The summed E-state index contributed by atoms with van der Waals surface area (Å²) in [5.74, 6) is 0.255. The molecule has 0 saturated carbocycles. The molecule has 0 N–H and O–H groups in total. The highest BCUT2D eigenvalue weighted by molar-refractivity contribution is 5.80. The first-order valence-electron chi connectivity index (χ1n) is 5.60. The first kappa shape index (κ1) is 12.9. The van der Waals surface area contributed by atoms with E-state index in [-0.39, 0.29) is 17.9 Å². The minimum Gasteiger partial charge on any atom is -0.349 e. The molecule has 0 aliphatic carbocycles. The Morgan fingerprint density at radius 3 is 2.81 bits per heavy atom. The van der Waals surface area contributed by atoms with Crippen LogP contribution in [-0.4, -0.2) is 36.0 Å². The van der Waals surface area contributed by atoms with Gasteiger partial charge in [0.15, 0.2) is 12.5 Å². The molecule has 2 unspecified atom stereocenters. The van der Waals surface area contributed by atoms with Crippen LogP contribution < -0.4 is 0 Å². The van der Waals surface area contributed by atoms with Gasteiger partial charge in [-0.2, -0.15) is 0 Å². The maximum Gasteiger partial charge on any atom is 0.225 e. The van der Waals surface area contributed by atoms with Gasteiger partial charge in [-0.15, -0.1) is 6.58 Å². The normalized spacial score (nSPS) is 24.8. The molecule has 1 aliphatic heterocycles. The first-order chi connectivity index (χ1) is 7.61. The van der Waals surface area contributed by atoms with E-state index in [2.05, 4.69) is 6.58 Å². The number of rotatable bonds is 5. The molecule has 2 atom stereocenters. The predicted molar refractivity (Wildman–Crippen MR) is 60.7 cm³/mol. The summed E-state index contributed by atoms with van der Waals surface area (Å²) in [6.45, 7) is 8.07. The third-order valence-corrected chi connectivity index (χ3v) is 2.81. The summed E-state index contributed by atoms with van der Waals surface area (Å²) in [5.41, 5.74) is 0. The summed E-state index contributed by atoms with van der Waals surface area (Å²) in [6.07, 6.45) is 2.71. The van der Waals surface area contributed by atoms with E-state index >= 15 is 0 Å². The van der Waals surface area contributed by atoms with Gasteiger partial charge in [-0.3, -0.25) is 9.59 Å². The van der Waals surface area contributed by atoms with Crippen molar-refractivity contribution in [1.82, 2.24) is 4.90 Å². The van der Waals surface area contributed by atoms with E-state index in [1.165, 1.54) is 0 Å². The van der Waals surface area contributed by atoms with Crippen molar-refractivity contribution in [2.24, 2.45) is 5.92 Å². The lowest BCUT2D eigenvalue weighted by Crippen LogP contribution is -2.44. The van der Waals surface area contributed by atoms with Gasteiger partial charge in [0.25, 0.3) is 0 Å². The van der Waals surface area contributed by atoms with Crippen LogP contribution in [0.5, 0.6) is 0 Å². The number of ether oxygens (including phenoxy) is 1. The second-order valence-electron chi connectivity index (χ2n) is 4.30. The van der Waals surface area contributed by atoms with Gasteiger partial charge < -0.3 is 9.64 Å². The van der Waals surface area contributed by atoms with Gasteiger partial charge in [0.1, 0.15) is 0 Å². The molecule has 4 nitrogen and oxygen atoms in total. The Hall–Kier alpha value is -1.16. The standard InChI is InChI=1S/C12H19NO3/c1-4-5-6-11(15)13-10(9(2)3)8-16-12(13)7-14/h4,7,9-10,12H,1,5-6,8H2,2-3H3. The van der Waals surface area contributed by atoms with Crippen LogP contribution in [0.2, 0.25) is 0 Å². The summed E-state index contributed by atoms with van der Waals surface area (Å²) >= 11 is 0. The monoisotopic (exact) mass is 225 g/mol. The lowest BCUT2D eigenvalue weighted by molar-refractivity contribution is -0.142. The maximum absolute atomic E-state index is 11.9. The smallest absolute Gasteiger partial charge is 0.225 e. The van der Waals surface area contributed by atoms with Crippen LogP contribution in [0.1, 0.15) is 26.7 Å². The number of carbonyl (C=O) groups is 2. The molecule has 90 valence electrons. The van der Waals surface area contributed by atoms with Gasteiger partial charge in [-0.25, -0.2) is 0 Å². The highest BCUT2D eigenvalue weighted by atomic mass is 16.5. The van der Waals surface area contributed by atoms with Crippen LogP contribution in [0.25, 0.3) is 0 Å². The van der Waals surface area contributed by atoms with E-state index < -0.39 is 6.23 Å². The van der Waals surface area contributed by atoms with Gasteiger partial charge >= 0.3 is 0 Å². The van der Waals surface area contributed by atoms with Crippen molar-refractivity contribution in [3.63, 3.8) is 0 Å². The van der Waals surface area contributed by atoms with Crippen LogP contribution in [0, 0.1) is 5.92 Å². The van der Waals surface area contributed by atoms with Gasteiger partial charge in [0, 0.05) is 6.42 Å². The highest BCUT2D eigenvalue weighted by Gasteiger charge is 2.38. The van der Waals surface area contributed by atoms with Crippen molar-refractivity contribution in [1.29, 1.82) is 0 Å². The second-order valence-corrected chi connectivity index (χ2v) is 4.30. The van der Waals surface area contributed by atoms with Crippen molar-refractivity contribution in [3.05, 3.63) is 12.7 Å². The zero-order valence-corrected chi connectivity index (χ0v) is 9.89. The highest BCUT2D eigenvalue weighted by Crippen LogP contribution is 2.23. The van der Waals surface area contributed by atoms with Crippen molar-refractivity contribution in [2.45, 2.75) is 39.0 Å². The zero-order chi connectivity index (χ0) is 12.1. The molecule has 1 saturated heterocycles. The van der Waals surface area contributed by atoms with E-state index in [0.29, 0.717) is 25.7 Å². The lowest BCUT2D eigenvalue weighted by atomic mass is 10.0. The summed E-state index contributed by atoms with van der Waals surface area (Å²) in [7, 11) is 0. The molecule has 4 heteroatoms. The van der Waals surface area contributed by atoms with E-state index in [1.807, 2.05) is 13.8 Å². The van der Waals surface area contributed by atoms with Gasteiger partial charge in [-0.1, -0.05) is 19.9 Å². The number of hydrogen-bond donors (Lipinski definition) is 0. The number of aldehydes is 1. The Morgan fingerprint density at radius 1 is 1.62 bits per heavy atom. The Balaban J connectivity index is 2.72. The minimum atomic E-state index is -0.704. The fourth-order valence-electron chi connectivity index (χ4n) is 1.85. The van der Waals surface area contributed by atoms with E-state index in [4.69, 9.17) is 4.74 Å². The summed E-state index contributed by atoms with van der Waals surface area (Å²) in [6, 6.07) is 0.00696. The van der Waals surface area contributed by atoms with Crippen molar-refractivity contribution in [3.8, 4) is 0 Å². The SMILES string of the molecule is C=CCCC(=O)N1C(C=O)OCC1C(C)C. The predicted octanol–water partition coefficient (Wildman–Crippen LogP) is 1.36. The molecular formula is C12H19NO3. The van der Waals surface area contributed by atoms with E-state index in [9.17, 15) is 9.59 Å². The van der Waals surface area contributed by atoms with Crippen molar-refractivity contribution >= 4 is 12.2 Å². The molecule has 0 aromatic rings. The number of amides is 1. The Labute approximate surface area is 96.3 Å². The van der Waals surface area contributed by atoms with Crippen LogP contribution in [0.4, 0.5) is 0 Å². The topological polar surface area (TPSA) is 46.6 Å². The summed E-state index contributed by atoms with van der Waals surface area (Å²) < 4.78 is 5.30. The molecule has 16 heavy (non-hydrogen) atoms. The Morgan fingerprint density at radius 2 is 2.31 bits per heavy atom. The largest absolute Gasteiger partial charge is 0.349 e. The average Bonchev–Trinajstić information content (AvgIpc) is 2.69. The van der Waals surface area contributed by atoms with Crippen LogP contribution in [-0.2, 0) is 14.3 Å². The van der Waals surface area contributed by atoms with E-state index in [1.54, 1.807) is 11.0 Å². The number of carbonyl (C=O) groups excluding carboxylic acids is 2. The maximum atomic E-state index is 11.9. The fraction of sp³-hybridized carbons (Fsp3) is 0.667. The number of allylic oxidation sites excluding steroid dienone is 1. The summed E-state index contributed by atoms with van der Waals surface area (Å²) in [5, 5.41) is 0. The second kappa shape index (κ2) is 5.80. The third kappa shape index (κ3) is 2.70. The van der Waals surface area contributed by atoms with Gasteiger partial charge in [-0.05, 0) is 12.3 Å². The molecule has 0 aromatic heterocycles. The summed E-state index contributed by atoms with van der Waals surface area (Å²) in [4.78, 5) is 24.3. The first-order valence-corrected chi connectivity index (χ1v) is 5.60. The molecule has 1 amide bonds. The van der Waals surface area contributed by atoms with Crippen molar-refractivity contribution < 1.29 is 14.3 Å². The molecule has 1 fully saturated rings. The molecule has 0 aromatic carbocycles. The van der Waals surface area contributed by atoms with E-state index in [0.717, 1.165) is 0 Å². The fourth-order valence-corrected chi connectivity index (χ4v) is 1.85. The van der Waals surface area contributed by atoms with Crippen LogP contribution in [0.15, 0.2) is 12.7 Å². The Bertz CT molecular complexity index is 275. The Kier molecular flexibility index (Phi) is 4.68. The zero-order valence-electron chi connectivity index (χ0n) is 9.89. The quantitative estimate of drug-likeness (QED) is 0.524. The lowest BCUT2D eigenvalue weighted by Gasteiger charge is -2.28. The molecular weight excluding hydrogens is 206 g/mol. The molecule has 0 radical (unpaired) electrons. The third-order valence-electron chi connectivity index (χ3n) is 2.81. The molecule has 0 bridgehead atoms. The van der Waals surface area contributed by atoms with Gasteiger partial charge in [0.05, 0.1) is 12.6 Å². The average molecular weight is 225 g/mol. The molecule has 1 aliphatic rings.